The lowest BCUT2D eigenvalue weighted by Crippen LogP contribution is -1.82. The third-order valence-electron chi connectivity index (χ3n) is 1.13. The average molecular weight is 137 g/mol. The number of hydrogen-bond donors (Lipinski definition) is 0. The number of aldehydes is 1. The van der Waals surface area contributed by atoms with Gasteiger partial charge >= 0.3 is 0 Å². The predicted molar refractivity (Wildman–Crippen MR) is 43.1 cm³/mol. The summed E-state index contributed by atoms with van der Waals surface area (Å²) in [6.07, 6.45) is 4.26. The Balaban J connectivity index is 4.61. The Bertz CT molecular complexity index is 189. The molecule has 0 aliphatic heterocycles. The first-order valence-electron chi connectivity index (χ1n) is 3.01. The molecule has 0 spiro atoms. The number of nitrogens with zero attached hydrogens (tertiary/aromatic N) is 1. The van der Waals surface area contributed by atoms with Gasteiger partial charge in [-0.2, -0.15) is 0 Å². The molecule has 2 heteroatoms. The van der Waals surface area contributed by atoms with Crippen LogP contribution in [0.2, 0.25) is 0 Å². The van der Waals surface area contributed by atoms with Crippen LogP contribution in [0.4, 0.5) is 0 Å². The molecule has 2 nitrogen and oxygen atoms in total. The van der Waals surface area contributed by atoms with Crippen molar-refractivity contribution in [1.82, 2.24) is 0 Å². The Morgan fingerprint density at radius 3 is 2.50 bits per heavy atom. The monoisotopic (exact) mass is 137 g/mol. The lowest BCUT2D eigenvalue weighted by Gasteiger charge is -1.91. The highest BCUT2D eigenvalue weighted by Gasteiger charge is 1.91. The lowest BCUT2D eigenvalue weighted by molar-refractivity contribution is -0.104. The minimum Gasteiger partial charge on any atom is -0.298 e. The molecule has 0 atom stereocenters. The van der Waals surface area contributed by atoms with E-state index in [2.05, 4.69) is 11.7 Å². The standard InChI is InChI=1S/C8H11NO/c1-4-5-8(6-10)7(2)9-3/h4-6H,3H2,1-2H3/b5-4-,8-7+. The zero-order chi connectivity index (χ0) is 7.98. The van der Waals surface area contributed by atoms with Crippen LogP contribution in [0.3, 0.4) is 0 Å². The third-order valence-corrected chi connectivity index (χ3v) is 1.13. The van der Waals surface area contributed by atoms with Crippen molar-refractivity contribution in [3.05, 3.63) is 23.4 Å². The van der Waals surface area contributed by atoms with Crippen LogP contribution in [0.15, 0.2) is 28.4 Å². The maximum absolute atomic E-state index is 10.3. The predicted octanol–water partition coefficient (Wildman–Crippen LogP) is 1.74. The fraction of sp³-hybridized carbons (Fsp3) is 0.250. The van der Waals surface area contributed by atoms with E-state index in [1.165, 1.54) is 0 Å². The Labute approximate surface area is 61.0 Å². The fourth-order valence-electron chi connectivity index (χ4n) is 0.516. The van der Waals surface area contributed by atoms with Gasteiger partial charge in [-0.05, 0) is 20.6 Å². The van der Waals surface area contributed by atoms with Crippen LogP contribution < -0.4 is 0 Å². The molecule has 0 aliphatic rings. The first-order chi connectivity index (χ1) is 4.76. The van der Waals surface area contributed by atoms with Gasteiger partial charge in [0, 0.05) is 11.3 Å². The van der Waals surface area contributed by atoms with Gasteiger partial charge in [-0.3, -0.25) is 9.79 Å². The van der Waals surface area contributed by atoms with Gasteiger partial charge in [-0.15, -0.1) is 0 Å². The number of aliphatic imine (C=N–C) groups is 1. The first-order valence-corrected chi connectivity index (χ1v) is 3.01. The summed E-state index contributed by atoms with van der Waals surface area (Å²) in [4.78, 5) is 13.9. The van der Waals surface area contributed by atoms with Crippen molar-refractivity contribution in [2.45, 2.75) is 13.8 Å². The van der Waals surface area contributed by atoms with Crippen molar-refractivity contribution < 1.29 is 4.79 Å². The van der Waals surface area contributed by atoms with Crippen LogP contribution >= 0.6 is 0 Å². The Morgan fingerprint density at radius 2 is 2.20 bits per heavy atom. The normalized spacial score (nSPS) is 13.0. The van der Waals surface area contributed by atoms with E-state index >= 15 is 0 Å². The second-order valence-corrected chi connectivity index (χ2v) is 1.82. The summed E-state index contributed by atoms with van der Waals surface area (Å²) >= 11 is 0. The van der Waals surface area contributed by atoms with Crippen molar-refractivity contribution >= 4 is 13.0 Å². The Kier molecular flexibility index (Phi) is 4.12. The minimum absolute atomic E-state index is 0.581. The number of rotatable bonds is 3. The van der Waals surface area contributed by atoms with Gasteiger partial charge in [-0.25, -0.2) is 0 Å². The van der Waals surface area contributed by atoms with E-state index in [9.17, 15) is 4.79 Å². The van der Waals surface area contributed by atoms with Crippen LogP contribution in [0.1, 0.15) is 13.8 Å². The van der Waals surface area contributed by atoms with Gasteiger partial charge in [0.05, 0.1) is 0 Å². The van der Waals surface area contributed by atoms with Crippen LogP contribution in [0, 0.1) is 0 Å². The maximum Gasteiger partial charge on any atom is 0.151 e. The third kappa shape index (κ3) is 2.40. The highest BCUT2D eigenvalue weighted by Crippen LogP contribution is 2.02. The molecule has 0 aromatic heterocycles. The summed E-state index contributed by atoms with van der Waals surface area (Å²) in [5.41, 5.74) is 1.24. The van der Waals surface area contributed by atoms with Gasteiger partial charge in [0.15, 0.2) is 6.29 Å². The Morgan fingerprint density at radius 1 is 1.60 bits per heavy atom. The van der Waals surface area contributed by atoms with Crippen LogP contribution in [0.5, 0.6) is 0 Å². The van der Waals surface area contributed by atoms with Crippen molar-refractivity contribution in [1.29, 1.82) is 0 Å². The molecule has 0 saturated heterocycles. The van der Waals surface area contributed by atoms with Gasteiger partial charge in [0.25, 0.3) is 0 Å². The summed E-state index contributed by atoms with van der Waals surface area (Å²) < 4.78 is 0. The second kappa shape index (κ2) is 4.68. The highest BCUT2D eigenvalue weighted by molar-refractivity contribution is 5.78. The van der Waals surface area contributed by atoms with Gasteiger partial charge in [0.1, 0.15) is 0 Å². The van der Waals surface area contributed by atoms with Crippen molar-refractivity contribution in [3.63, 3.8) is 0 Å². The minimum atomic E-state index is 0.581. The topological polar surface area (TPSA) is 29.4 Å². The summed E-state index contributed by atoms with van der Waals surface area (Å²) in [6.45, 7) is 6.90. The molecule has 10 heavy (non-hydrogen) atoms. The molecule has 0 unspecified atom stereocenters. The summed E-state index contributed by atoms with van der Waals surface area (Å²) in [5.74, 6) is 0. The lowest BCUT2D eigenvalue weighted by atomic mass is 10.2. The molecular formula is C8H11NO. The molecule has 0 aromatic carbocycles. The van der Waals surface area contributed by atoms with E-state index in [4.69, 9.17) is 0 Å². The van der Waals surface area contributed by atoms with Crippen LogP contribution in [-0.2, 0) is 4.79 Å². The largest absolute Gasteiger partial charge is 0.298 e. The molecule has 0 amide bonds. The summed E-state index contributed by atoms with van der Waals surface area (Å²) in [6, 6.07) is 0. The zero-order valence-electron chi connectivity index (χ0n) is 6.29. The van der Waals surface area contributed by atoms with Crippen LogP contribution in [-0.4, -0.2) is 13.0 Å². The van der Waals surface area contributed by atoms with Gasteiger partial charge in [0.2, 0.25) is 0 Å². The van der Waals surface area contributed by atoms with Crippen molar-refractivity contribution in [2.24, 2.45) is 4.99 Å². The van der Waals surface area contributed by atoms with E-state index in [1.807, 2.05) is 6.92 Å². The molecule has 0 aromatic rings. The average Bonchev–Trinajstić information content (AvgIpc) is 1.99. The van der Waals surface area contributed by atoms with E-state index in [0.29, 0.717) is 11.3 Å². The van der Waals surface area contributed by atoms with Crippen LogP contribution in [0.25, 0.3) is 0 Å². The summed E-state index contributed by atoms with van der Waals surface area (Å²) in [7, 11) is 0. The molecule has 54 valence electrons. The van der Waals surface area contributed by atoms with Gasteiger partial charge < -0.3 is 0 Å². The molecule has 0 rings (SSSR count). The van der Waals surface area contributed by atoms with E-state index in [0.717, 1.165) is 6.29 Å². The van der Waals surface area contributed by atoms with E-state index in [1.54, 1.807) is 19.1 Å². The SMILES string of the molecule is C=N/C(C)=C(C=O)\C=C/C. The number of carbonyl (C=O) groups excluding carboxylic acids is 1. The maximum atomic E-state index is 10.3. The molecule has 0 N–H and O–H groups in total. The highest BCUT2D eigenvalue weighted by atomic mass is 16.1. The Hall–Kier alpha value is -1.18. The molecular weight excluding hydrogens is 126 g/mol. The quantitative estimate of drug-likeness (QED) is 0.252. The second-order valence-electron chi connectivity index (χ2n) is 1.82. The zero-order valence-corrected chi connectivity index (χ0v) is 6.29. The van der Waals surface area contributed by atoms with E-state index < -0.39 is 0 Å². The molecule has 0 radical (unpaired) electrons. The first kappa shape index (κ1) is 8.82. The molecule has 0 aliphatic carbocycles. The van der Waals surface area contributed by atoms with Crippen molar-refractivity contribution in [2.75, 3.05) is 0 Å². The van der Waals surface area contributed by atoms with E-state index in [-0.39, 0.29) is 0 Å². The molecule has 0 bridgehead atoms. The number of hydrogen-bond acceptors (Lipinski definition) is 2. The smallest absolute Gasteiger partial charge is 0.151 e. The molecule has 0 heterocycles. The molecule has 0 fully saturated rings. The fourth-order valence-corrected chi connectivity index (χ4v) is 0.516. The number of carbonyl (C=O) groups is 1. The number of allylic oxidation sites excluding steroid dienone is 4. The summed E-state index contributed by atoms with van der Waals surface area (Å²) in [5, 5.41) is 0. The van der Waals surface area contributed by atoms with Crippen molar-refractivity contribution in [3.8, 4) is 0 Å². The molecule has 0 saturated carbocycles. The van der Waals surface area contributed by atoms with Gasteiger partial charge in [-0.1, -0.05) is 12.2 Å².